The zero-order valence-corrected chi connectivity index (χ0v) is 10.2. The number of hydrogen-bond donors (Lipinski definition) is 0. The average Bonchev–Trinajstić information content (AvgIpc) is 1.85. The zero-order valence-electron chi connectivity index (χ0n) is 5.40. The fourth-order valence-electron chi connectivity index (χ4n) is 0.667. The van der Waals surface area contributed by atoms with Gasteiger partial charge in [0.05, 0.1) is 8.95 Å². The predicted octanol–water partition coefficient (Wildman–Crippen LogP) is 4.14. The molecule has 1 radical (unpaired) electrons. The van der Waals surface area contributed by atoms with Gasteiger partial charge in [-0.1, -0.05) is 15.9 Å². The Morgan fingerprint density at radius 1 is 1.09 bits per heavy atom. The summed E-state index contributed by atoms with van der Waals surface area (Å²) in [4.78, 5) is 0. The maximum atomic E-state index is 4.87. The Kier molecular flexibility index (Phi) is 3.40. The Bertz CT molecular complexity index is 249. The molecule has 0 saturated carbocycles. The Hall–Kier alpha value is 0.460. The van der Waals surface area contributed by atoms with E-state index in [0.29, 0.717) is 5.75 Å². The van der Waals surface area contributed by atoms with E-state index in [1.54, 1.807) is 0 Å². The van der Waals surface area contributed by atoms with E-state index >= 15 is 0 Å². The molecule has 0 N–H and O–H groups in total. The van der Waals surface area contributed by atoms with E-state index < -0.39 is 0 Å². The summed E-state index contributed by atoms with van der Waals surface area (Å²) in [6.07, 6.45) is 0. The molecular formula is C7H4Br3O. The van der Waals surface area contributed by atoms with E-state index in [1.807, 2.05) is 12.1 Å². The second-order valence-electron chi connectivity index (χ2n) is 1.84. The van der Waals surface area contributed by atoms with Crippen LogP contribution in [-0.4, -0.2) is 0 Å². The number of halogens is 3. The number of ether oxygens (including phenoxy) is 1. The van der Waals surface area contributed by atoms with E-state index in [0.717, 1.165) is 13.4 Å². The topological polar surface area (TPSA) is 9.23 Å². The Labute approximate surface area is 90.5 Å². The molecule has 0 aliphatic carbocycles. The molecule has 0 unspecified atom stereocenters. The summed E-state index contributed by atoms with van der Waals surface area (Å²) in [5.74, 6) is 0.702. The van der Waals surface area contributed by atoms with Gasteiger partial charge in [0.25, 0.3) is 0 Å². The van der Waals surface area contributed by atoms with Gasteiger partial charge in [0.15, 0.2) is 0 Å². The summed E-state index contributed by atoms with van der Waals surface area (Å²) in [5, 5.41) is 0. The van der Waals surface area contributed by atoms with Crippen LogP contribution in [0.3, 0.4) is 0 Å². The third kappa shape index (κ3) is 2.20. The van der Waals surface area contributed by atoms with Gasteiger partial charge in [-0.3, -0.25) is 0 Å². The van der Waals surface area contributed by atoms with Gasteiger partial charge >= 0.3 is 0 Å². The lowest BCUT2D eigenvalue weighted by Gasteiger charge is -2.05. The number of benzene rings is 1. The molecule has 1 nitrogen and oxygen atoms in total. The summed E-state index contributed by atoms with van der Waals surface area (Å²) in [6, 6.07) is 3.79. The zero-order chi connectivity index (χ0) is 8.43. The average molecular weight is 344 g/mol. The predicted molar refractivity (Wildman–Crippen MR) is 55.5 cm³/mol. The fourth-order valence-corrected chi connectivity index (χ4v) is 3.15. The van der Waals surface area contributed by atoms with Crippen LogP contribution in [0.15, 0.2) is 25.6 Å². The summed E-state index contributed by atoms with van der Waals surface area (Å²) in [5.41, 5.74) is 0. The van der Waals surface area contributed by atoms with Crippen molar-refractivity contribution in [2.75, 3.05) is 0 Å². The van der Waals surface area contributed by atoms with Crippen LogP contribution in [0.25, 0.3) is 0 Å². The minimum absolute atomic E-state index is 0.702. The van der Waals surface area contributed by atoms with Crippen LogP contribution >= 0.6 is 47.8 Å². The third-order valence-corrected chi connectivity index (χ3v) is 2.74. The highest BCUT2D eigenvalue weighted by Crippen LogP contribution is 2.36. The van der Waals surface area contributed by atoms with Crippen LogP contribution in [0.1, 0.15) is 0 Å². The van der Waals surface area contributed by atoms with Crippen molar-refractivity contribution in [2.24, 2.45) is 0 Å². The van der Waals surface area contributed by atoms with Crippen molar-refractivity contribution >= 4 is 47.8 Å². The normalized spacial score (nSPS) is 9.82. The molecule has 0 amide bonds. The molecule has 0 saturated heterocycles. The number of rotatable bonds is 1. The molecule has 1 aromatic rings. The van der Waals surface area contributed by atoms with Crippen LogP contribution in [0, 0.1) is 7.11 Å². The van der Waals surface area contributed by atoms with Gasteiger partial charge in [-0.15, -0.1) is 0 Å². The Morgan fingerprint density at radius 3 is 1.91 bits per heavy atom. The van der Waals surface area contributed by atoms with E-state index in [2.05, 4.69) is 54.9 Å². The lowest BCUT2D eigenvalue weighted by Crippen LogP contribution is -1.82. The SMILES string of the molecule is [CH2]Oc1c(Br)cc(Br)cc1Br. The first-order valence-electron chi connectivity index (χ1n) is 2.71. The highest BCUT2D eigenvalue weighted by atomic mass is 79.9. The molecule has 0 spiro atoms. The molecule has 0 heterocycles. The first-order chi connectivity index (χ1) is 5.15. The van der Waals surface area contributed by atoms with Crippen molar-refractivity contribution in [2.45, 2.75) is 0 Å². The van der Waals surface area contributed by atoms with Gasteiger partial charge in [-0.05, 0) is 44.0 Å². The second-order valence-corrected chi connectivity index (χ2v) is 4.47. The van der Waals surface area contributed by atoms with Gasteiger partial charge in [0, 0.05) is 4.47 Å². The molecule has 59 valence electrons. The standard InChI is InChI=1S/C7H4Br3O/c1-11-7-5(9)2-4(8)3-6(7)10/h2-3H,1H2. The summed E-state index contributed by atoms with van der Waals surface area (Å²) in [6.45, 7) is 0. The monoisotopic (exact) mass is 341 g/mol. The van der Waals surface area contributed by atoms with Gasteiger partial charge in [0.1, 0.15) is 12.9 Å². The van der Waals surface area contributed by atoms with Crippen molar-refractivity contribution in [1.82, 2.24) is 0 Å². The van der Waals surface area contributed by atoms with Crippen LogP contribution in [0.5, 0.6) is 5.75 Å². The van der Waals surface area contributed by atoms with Crippen LogP contribution in [-0.2, 0) is 0 Å². The Morgan fingerprint density at radius 2 is 1.55 bits per heavy atom. The Balaban J connectivity index is 3.25. The quantitative estimate of drug-likeness (QED) is 0.744. The molecule has 1 aromatic carbocycles. The largest absolute Gasteiger partial charge is 0.488 e. The van der Waals surface area contributed by atoms with E-state index in [-0.39, 0.29) is 0 Å². The van der Waals surface area contributed by atoms with Gasteiger partial charge in [-0.2, -0.15) is 0 Å². The number of hydrogen-bond acceptors (Lipinski definition) is 1. The minimum Gasteiger partial charge on any atom is -0.488 e. The van der Waals surface area contributed by atoms with Crippen LogP contribution in [0.4, 0.5) is 0 Å². The molecular weight excluding hydrogens is 340 g/mol. The first-order valence-corrected chi connectivity index (χ1v) is 5.09. The van der Waals surface area contributed by atoms with E-state index in [9.17, 15) is 0 Å². The molecule has 0 atom stereocenters. The van der Waals surface area contributed by atoms with Crippen molar-refractivity contribution in [3.05, 3.63) is 32.7 Å². The van der Waals surface area contributed by atoms with E-state index in [1.165, 1.54) is 0 Å². The summed E-state index contributed by atoms with van der Waals surface area (Å²) < 4.78 is 7.59. The van der Waals surface area contributed by atoms with Gasteiger partial charge in [-0.25, -0.2) is 0 Å². The molecule has 0 aromatic heterocycles. The maximum Gasteiger partial charge on any atom is 0.147 e. The molecule has 11 heavy (non-hydrogen) atoms. The summed E-state index contributed by atoms with van der Waals surface area (Å²) in [7, 11) is 3.33. The molecule has 0 aliphatic rings. The molecule has 0 fully saturated rings. The van der Waals surface area contributed by atoms with Gasteiger partial charge < -0.3 is 4.74 Å². The summed E-state index contributed by atoms with van der Waals surface area (Å²) >= 11 is 10.0. The minimum atomic E-state index is 0.702. The maximum absolute atomic E-state index is 4.87. The van der Waals surface area contributed by atoms with Crippen LogP contribution < -0.4 is 4.74 Å². The van der Waals surface area contributed by atoms with Crippen molar-refractivity contribution in [3.63, 3.8) is 0 Å². The molecule has 0 bridgehead atoms. The smallest absolute Gasteiger partial charge is 0.147 e. The van der Waals surface area contributed by atoms with Gasteiger partial charge in [0.2, 0.25) is 0 Å². The third-order valence-electron chi connectivity index (χ3n) is 1.11. The van der Waals surface area contributed by atoms with Crippen molar-refractivity contribution in [3.8, 4) is 5.75 Å². The lowest BCUT2D eigenvalue weighted by atomic mass is 10.3. The van der Waals surface area contributed by atoms with Crippen LogP contribution in [0.2, 0.25) is 0 Å². The highest BCUT2D eigenvalue weighted by molar-refractivity contribution is 9.11. The second kappa shape index (κ2) is 3.92. The van der Waals surface area contributed by atoms with Crippen molar-refractivity contribution < 1.29 is 4.74 Å². The first kappa shape index (κ1) is 9.55. The fraction of sp³-hybridized carbons (Fsp3) is 0. The highest BCUT2D eigenvalue weighted by Gasteiger charge is 2.05. The van der Waals surface area contributed by atoms with Crippen molar-refractivity contribution in [1.29, 1.82) is 0 Å². The molecule has 4 heteroatoms. The molecule has 0 aliphatic heterocycles. The lowest BCUT2D eigenvalue weighted by molar-refractivity contribution is 0.467. The van der Waals surface area contributed by atoms with E-state index in [4.69, 9.17) is 4.74 Å². The molecule has 1 rings (SSSR count).